The molecule has 0 fully saturated rings. The second-order valence-corrected chi connectivity index (χ2v) is 10.2. The lowest BCUT2D eigenvalue weighted by Gasteiger charge is -2.28. The number of halogens is 4. The van der Waals surface area contributed by atoms with Gasteiger partial charge < -0.3 is 0 Å². The van der Waals surface area contributed by atoms with Crippen molar-refractivity contribution in [2.24, 2.45) is 0 Å². The lowest BCUT2D eigenvalue weighted by Crippen LogP contribution is -2.23. The summed E-state index contributed by atoms with van der Waals surface area (Å²) < 4.78 is 29.5. The first-order valence-electron chi connectivity index (χ1n) is 9.59. The minimum Gasteiger partial charge on any atom is -0.277 e. The van der Waals surface area contributed by atoms with Crippen LogP contribution in [0.1, 0.15) is 51.3 Å². The largest absolute Gasteiger partial charge is 0.277 e. The van der Waals surface area contributed by atoms with Crippen molar-refractivity contribution in [3.63, 3.8) is 0 Å². The monoisotopic (exact) mass is 450 g/mol. The van der Waals surface area contributed by atoms with Crippen LogP contribution in [0, 0.1) is 11.8 Å². The van der Waals surface area contributed by atoms with Crippen LogP contribution in [-0.4, -0.2) is 20.4 Å². The number of nitrogens with zero attached hydrogens (tertiary/aromatic N) is 2. The Morgan fingerprint density at radius 2 is 1.67 bits per heavy atom. The third-order valence-corrected chi connectivity index (χ3v) is 6.19. The molecule has 4 nitrogen and oxygen atoms in total. The van der Waals surface area contributed by atoms with Gasteiger partial charge in [0.1, 0.15) is 5.82 Å². The summed E-state index contributed by atoms with van der Waals surface area (Å²) in [6.45, 7) is 9.76. The molecule has 0 aliphatic heterocycles. The fraction of sp³-hybridized carbons (Fsp3) is 0.364. The van der Waals surface area contributed by atoms with Crippen LogP contribution in [0.5, 0.6) is 0 Å². The zero-order chi connectivity index (χ0) is 22.0. The Morgan fingerprint density at radius 3 is 2.33 bits per heavy atom. The summed E-state index contributed by atoms with van der Waals surface area (Å²) in [5, 5.41) is 15.1. The Hall–Kier alpha value is -2.18. The van der Waals surface area contributed by atoms with E-state index in [1.807, 2.05) is 34.6 Å². The number of benzene rings is 2. The molecule has 0 radical (unpaired) electrons. The Kier molecular flexibility index (Phi) is 4.86. The fourth-order valence-electron chi connectivity index (χ4n) is 4.18. The van der Waals surface area contributed by atoms with Crippen molar-refractivity contribution in [1.29, 1.82) is 0 Å². The molecule has 8 heteroatoms. The van der Waals surface area contributed by atoms with Gasteiger partial charge in [0, 0.05) is 16.0 Å². The standard InChI is InChI=1S/C22H22Cl2F2N4/c1-21(2,3)15-17(25)16(24)12(13-9-27-28-19(13)15)8-22(4,5)14-7-10(23)6-11-18(14)29-30-20(11)26/h6-7,9H,8H2,1-5H3,(H,27,28)(H,29,30). The first-order valence-corrected chi connectivity index (χ1v) is 10.3. The van der Waals surface area contributed by atoms with E-state index in [4.69, 9.17) is 23.2 Å². The molecule has 4 rings (SSSR count). The summed E-state index contributed by atoms with van der Waals surface area (Å²) >= 11 is 12.8. The molecule has 0 atom stereocenters. The first kappa shape index (κ1) is 21.1. The summed E-state index contributed by atoms with van der Waals surface area (Å²) in [6, 6.07) is 3.32. The number of aromatic amines is 2. The average Bonchev–Trinajstić information content (AvgIpc) is 3.24. The van der Waals surface area contributed by atoms with Gasteiger partial charge in [0.25, 0.3) is 0 Å². The molecule has 2 heterocycles. The molecule has 2 N–H and O–H groups in total. The van der Waals surface area contributed by atoms with E-state index in [1.165, 1.54) is 6.07 Å². The number of aromatic nitrogens is 4. The highest BCUT2D eigenvalue weighted by atomic mass is 35.5. The maximum atomic E-state index is 15.4. The van der Waals surface area contributed by atoms with Gasteiger partial charge in [-0.1, -0.05) is 57.8 Å². The maximum absolute atomic E-state index is 15.4. The Labute approximate surface area is 183 Å². The third-order valence-electron chi connectivity index (χ3n) is 5.58. The van der Waals surface area contributed by atoms with Crippen LogP contribution in [0.4, 0.5) is 8.78 Å². The van der Waals surface area contributed by atoms with Gasteiger partial charge >= 0.3 is 0 Å². The van der Waals surface area contributed by atoms with Gasteiger partial charge in [0.15, 0.2) is 0 Å². The van der Waals surface area contributed by atoms with Gasteiger partial charge in [0.2, 0.25) is 5.95 Å². The quantitative estimate of drug-likeness (QED) is 0.358. The summed E-state index contributed by atoms with van der Waals surface area (Å²) in [6.07, 6.45) is 2.06. The molecule has 0 aliphatic rings. The minimum atomic E-state index is -0.611. The van der Waals surface area contributed by atoms with Crippen molar-refractivity contribution in [2.45, 2.75) is 51.9 Å². The summed E-state index contributed by atoms with van der Waals surface area (Å²) in [5.41, 5.74) is 2.10. The molecule has 4 aromatic rings. The van der Waals surface area contributed by atoms with E-state index < -0.39 is 22.6 Å². The topological polar surface area (TPSA) is 57.4 Å². The SMILES string of the molecule is CC(C)(C)c1c(F)c(Cl)c(CC(C)(C)c2cc(Cl)cc3c(F)n[nH]c23)c2cn[nH]c12. The Balaban J connectivity index is 1.92. The van der Waals surface area contributed by atoms with E-state index in [1.54, 1.807) is 12.3 Å². The zero-order valence-electron chi connectivity index (χ0n) is 17.3. The maximum Gasteiger partial charge on any atom is 0.240 e. The van der Waals surface area contributed by atoms with Crippen molar-refractivity contribution in [2.75, 3.05) is 0 Å². The second kappa shape index (κ2) is 6.92. The molecule has 0 saturated heterocycles. The van der Waals surface area contributed by atoms with Crippen molar-refractivity contribution in [3.05, 3.63) is 56.8 Å². The van der Waals surface area contributed by atoms with Crippen molar-refractivity contribution < 1.29 is 8.78 Å². The van der Waals surface area contributed by atoms with E-state index in [9.17, 15) is 4.39 Å². The van der Waals surface area contributed by atoms with E-state index in [-0.39, 0.29) is 5.02 Å². The highest BCUT2D eigenvalue weighted by molar-refractivity contribution is 6.33. The molecule has 2 aromatic heterocycles. The summed E-state index contributed by atoms with van der Waals surface area (Å²) in [5.74, 6) is -1.06. The van der Waals surface area contributed by atoms with Crippen LogP contribution in [0.2, 0.25) is 10.0 Å². The van der Waals surface area contributed by atoms with Crippen LogP contribution in [0.3, 0.4) is 0 Å². The van der Waals surface area contributed by atoms with Crippen LogP contribution < -0.4 is 0 Å². The fourth-order valence-corrected chi connectivity index (χ4v) is 4.66. The van der Waals surface area contributed by atoms with Crippen LogP contribution in [-0.2, 0) is 17.3 Å². The highest BCUT2D eigenvalue weighted by Crippen LogP contribution is 2.42. The van der Waals surface area contributed by atoms with Gasteiger partial charge in [-0.15, -0.1) is 5.10 Å². The number of H-pyrrole nitrogens is 2. The molecule has 0 unspecified atom stereocenters. The Bertz CT molecular complexity index is 1280. The molecule has 0 aliphatic carbocycles. The molecule has 0 saturated carbocycles. The molecule has 0 amide bonds. The van der Waals surface area contributed by atoms with Crippen LogP contribution >= 0.6 is 23.2 Å². The normalized spacial score (nSPS) is 13.0. The number of nitrogens with one attached hydrogen (secondary N) is 2. The summed E-state index contributed by atoms with van der Waals surface area (Å²) in [7, 11) is 0. The molecule has 0 bridgehead atoms. The van der Waals surface area contributed by atoms with Crippen molar-refractivity contribution >= 4 is 45.0 Å². The number of rotatable bonds is 3. The predicted molar refractivity (Wildman–Crippen MR) is 118 cm³/mol. The minimum absolute atomic E-state index is 0.0796. The molecule has 30 heavy (non-hydrogen) atoms. The first-order chi connectivity index (χ1) is 13.9. The molecular weight excluding hydrogens is 429 g/mol. The molecule has 0 spiro atoms. The average molecular weight is 451 g/mol. The van der Waals surface area contributed by atoms with Crippen LogP contribution in [0.25, 0.3) is 21.8 Å². The number of fused-ring (bicyclic) bond motifs is 2. The molecule has 158 valence electrons. The van der Waals surface area contributed by atoms with E-state index in [0.29, 0.717) is 39.0 Å². The number of hydrogen-bond donors (Lipinski definition) is 2. The van der Waals surface area contributed by atoms with Gasteiger partial charge in [0.05, 0.1) is 27.6 Å². The Morgan fingerprint density at radius 1 is 0.967 bits per heavy atom. The smallest absolute Gasteiger partial charge is 0.240 e. The van der Waals surface area contributed by atoms with E-state index >= 15 is 4.39 Å². The van der Waals surface area contributed by atoms with Gasteiger partial charge in [-0.25, -0.2) is 4.39 Å². The molecule has 2 aromatic carbocycles. The summed E-state index contributed by atoms with van der Waals surface area (Å²) in [4.78, 5) is 0. The van der Waals surface area contributed by atoms with Gasteiger partial charge in [-0.05, 0) is 40.5 Å². The highest BCUT2D eigenvalue weighted by Gasteiger charge is 2.32. The van der Waals surface area contributed by atoms with Gasteiger partial charge in [-0.2, -0.15) is 9.49 Å². The van der Waals surface area contributed by atoms with Gasteiger partial charge in [-0.3, -0.25) is 10.2 Å². The van der Waals surface area contributed by atoms with E-state index in [0.717, 1.165) is 10.9 Å². The second-order valence-electron chi connectivity index (χ2n) is 9.34. The van der Waals surface area contributed by atoms with E-state index in [2.05, 4.69) is 20.4 Å². The lowest BCUT2D eigenvalue weighted by molar-refractivity contribution is 0.513. The lowest BCUT2D eigenvalue weighted by atomic mass is 9.76. The zero-order valence-corrected chi connectivity index (χ0v) is 18.9. The van der Waals surface area contributed by atoms with Crippen molar-refractivity contribution in [3.8, 4) is 0 Å². The van der Waals surface area contributed by atoms with Crippen LogP contribution in [0.15, 0.2) is 18.3 Å². The molecular formula is C22H22Cl2F2N4. The van der Waals surface area contributed by atoms with Crippen molar-refractivity contribution in [1.82, 2.24) is 20.4 Å². The predicted octanol–water partition coefficient (Wildman–Crippen LogP) is 6.84. The third kappa shape index (κ3) is 3.26. The number of hydrogen-bond acceptors (Lipinski definition) is 2.